The Kier molecular flexibility index (Phi) is 2.77. The van der Waals surface area contributed by atoms with E-state index < -0.39 is 0 Å². The van der Waals surface area contributed by atoms with Gasteiger partial charge >= 0.3 is 0 Å². The number of halogens is 1. The quantitative estimate of drug-likeness (QED) is 0.908. The Labute approximate surface area is 96.5 Å². The van der Waals surface area contributed by atoms with Crippen molar-refractivity contribution in [2.75, 3.05) is 0 Å². The molecule has 0 saturated heterocycles. The third-order valence-electron chi connectivity index (χ3n) is 2.23. The van der Waals surface area contributed by atoms with Gasteiger partial charge in [-0.05, 0) is 41.1 Å². The predicted molar refractivity (Wildman–Crippen MR) is 62.7 cm³/mol. The largest absolute Gasteiger partial charge is 0.507 e. The molecule has 0 unspecified atom stereocenters. The Balaban J connectivity index is 2.58. The van der Waals surface area contributed by atoms with Crippen molar-refractivity contribution in [2.45, 2.75) is 13.5 Å². The Morgan fingerprint density at radius 1 is 1.40 bits per heavy atom. The number of benzene rings is 1. The minimum Gasteiger partial charge on any atom is -0.507 e. The smallest absolute Gasteiger partial charge is 0.128 e. The zero-order valence-electron chi connectivity index (χ0n) is 8.31. The molecule has 0 radical (unpaired) electrons. The molecule has 0 aliphatic heterocycles. The van der Waals surface area contributed by atoms with Gasteiger partial charge in [0.25, 0.3) is 0 Å². The lowest BCUT2D eigenvalue weighted by Crippen LogP contribution is -1.98. The molecule has 1 aromatic heterocycles. The first-order chi connectivity index (χ1) is 7.22. The molecule has 0 fully saturated rings. The third kappa shape index (κ3) is 1.90. The molecule has 2 rings (SSSR count). The molecular formula is C11H11BrN2O. The molecule has 0 atom stereocenters. The second-order valence-corrected chi connectivity index (χ2v) is 4.00. The van der Waals surface area contributed by atoms with Crippen molar-refractivity contribution in [1.29, 1.82) is 0 Å². The molecule has 78 valence electrons. The molecule has 0 saturated carbocycles. The molecule has 3 nitrogen and oxygen atoms in total. The van der Waals surface area contributed by atoms with Crippen LogP contribution in [0.1, 0.15) is 6.92 Å². The van der Waals surface area contributed by atoms with Crippen LogP contribution in [-0.4, -0.2) is 14.9 Å². The number of aromatic hydroxyl groups is 1. The molecule has 1 N–H and O–H groups in total. The fourth-order valence-corrected chi connectivity index (χ4v) is 1.94. The van der Waals surface area contributed by atoms with Gasteiger partial charge in [0.1, 0.15) is 10.4 Å². The topological polar surface area (TPSA) is 38.0 Å². The summed E-state index contributed by atoms with van der Waals surface area (Å²) in [6.07, 6.45) is 0. The number of phenols is 1. The third-order valence-corrected chi connectivity index (χ3v) is 2.62. The highest BCUT2D eigenvalue weighted by Crippen LogP contribution is 2.30. The standard InChI is InChI=1S/C11H11BrN2O/c1-2-14-9(7-11(12)13-14)8-5-3-4-6-10(8)15/h3-7,15H,2H2,1H3. The molecule has 0 aliphatic rings. The number of aryl methyl sites for hydroxylation is 1. The number of hydrogen-bond donors (Lipinski definition) is 1. The van der Waals surface area contributed by atoms with Crippen molar-refractivity contribution >= 4 is 15.9 Å². The van der Waals surface area contributed by atoms with Crippen LogP contribution in [0.2, 0.25) is 0 Å². The van der Waals surface area contributed by atoms with E-state index in [4.69, 9.17) is 0 Å². The molecule has 2 aromatic rings. The second kappa shape index (κ2) is 4.06. The van der Waals surface area contributed by atoms with E-state index in [-0.39, 0.29) is 5.75 Å². The minimum atomic E-state index is 0.277. The van der Waals surface area contributed by atoms with Crippen LogP contribution in [0.15, 0.2) is 34.9 Å². The summed E-state index contributed by atoms with van der Waals surface area (Å²) in [6, 6.07) is 9.16. The van der Waals surface area contributed by atoms with Crippen molar-refractivity contribution in [3.63, 3.8) is 0 Å². The normalized spacial score (nSPS) is 10.5. The van der Waals surface area contributed by atoms with E-state index in [1.165, 1.54) is 0 Å². The van der Waals surface area contributed by atoms with Crippen molar-refractivity contribution in [2.24, 2.45) is 0 Å². The lowest BCUT2D eigenvalue weighted by atomic mass is 10.1. The summed E-state index contributed by atoms with van der Waals surface area (Å²) in [6.45, 7) is 2.79. The Morgan fingerprint density at radius 2 is 2.13 bits per heavy atom. The SMILES string of the molecule is CCn1nc(Br)cc1-c1ccccc1O. The minimum absolute atomic E-state index is 0.277. The van der Waals surface area contributed by atoms with Gasteiger partial charge in [-0.1, -0.05) is 12.1 Å². The molecule has 0 spiro atoms. The number of rotatable bonds is 2. The maximum absolute atomic E-state index is 9.74. The lowest BCUT2D eigenvalue weighted by Gasteiger charge is -2.05. The van der Waals surface area contributed by atoms with Gasteiger partial charge in [0.15, 0.2) is 0 Å². The van der Waals surface area contributed by atoms with Crippen LogP contribution >= 0.6 is 15.9 Å². The van der Waals surface area contributed by atoms with E-state index in [9.17, 15) is 5.11 Å². The van der Waals surface area contributed by atoms with Gasteiger partial charge in [-0.25, -0.2) is 0 Å². The highest BCUT2D eigenvalue weighted by Gasteiger charge is 2.10. The maximum Gasteiger partial charge on any atom is 0.128 e. The predicted octanol–water partition coefficient (Wildman–Crippen LogP) is 3.04. The fourth-order valence-electron chi connectivity index (χ4n) is 1.53. The molecule has 4 heteroatoms. The van der Waals surface area contributed by atoms with E-state index in [0.717, 1.165) is 22.4 Å². The van der Waals surface area contributed by atoms with Gasteiger partial charge in [-0.2, -0.15) is 5.10 Å². The first kappa shape index (κ1) is 10.2. The van der Waals surface area contributed by atoms with Crippen LogP contribution in [0.4, 0.5) is 0 Å². The van der Waals surface area contributed by atoms with Gasteiger partial charge in [0, 0.05) is 12.1 Å². The highest BCUT2D eigenvalue weighted by atomic mass is 79.9. The van der Waals surface area contributed by atoms with Crippen LogP contribution in [0.25, 0.3) is 11.3 Å². The number of aromatic nitrogens is 2. The van der Waals surface area contributed by atoms with Gasteiger partial charge in [-0.3, -0.25) is 4.68 Å². The molecule has 15 heavy (non-hydrogen) atoms. The van der Waals surface area contributed by atoms with Gasteiger partial charge in [0.2, 0.25) is 0 Å². The van der Waals surface area contributed by atoms with Crippen LogP contribution < -0.4 is 0 Å². The van der Waals surface area contributed by atoms with Crippen molar-refractivity contribution in [1.82, 2.24) is 9.78 Å². The van der Waals surface area contributed by atoms with Crippen molar-refractivity contribution < 1.29 is 5.11 Å². The summed E-state index contributed by atoms with van der Waals surface area (Å²) in [5.74, 6) is 0.277. The summed E-state index contributed by atoms with van der Waals surface area (Å²) in [4.78, 5) is 0. The summed E-state index contributed by atoms with van der Waals surface area (Å²) < 4.78 is 2.63. The molecular weight excluding hydrogens is 256 g/mol. The Bertz CT molecular complexity index is 479. The summed E-state index contributed by atoms with van der Waals surface area (Å²) in [5, 5.41) is 14.0. The van der Waals surface area contributed by atoms with Crippen LogP contribution in [0, 0.1) is 0 Å². The number of nitrogens with zero attached hydrogens (tertiary/aromatic N) is 2. The summed E-state index contributed by atoms with van der Waals surface area (Å²) in [5.41, 5.74) is 1.72. The zero-order valence-corrected chi connectivity index (χ0v) is 9.90. The van der Waals surface area contributed by atoms with Crippen molar-refractivity contribution in [3.8, 4) is 17.0 Å². The molecule has 0 bridgehead atoms. The van der Waals surface area contributed by atoms with Crippen molar-refractivity contribution in [3.05, 3.63) is 34.9 Å². The van der Waals surface area contributed by atoms with Gasteiger partial charge < -0.3 is 5.11 Å². The first-order valence-electron chi connectivity index (χ1n) is 4.74. The average molecular weight is 267 g/mol. The molecule has 1 heterocycles. The van der Waals surface area contributed by atoms with Crippen LogP contribution in [-0.2, 0) is 6.54 Å². The van der Waals surface area contributed by atoms with Crippen LogP contribution in [0.3, 0.4) is 0 Å². The molecule has 1 aromatic carbocycles. The van der Waals surface area contributed by atoms with E-state index in [2.05, 4.69) is 21.0 Å². The molecule has 0 aliphatic carbocycles. The van der Waals surface area contributed by atoms with Gasteiger partial charge in [0.05, 0.1) is 5.69 Å². The van der Waals surface area contributed by atoms with E-state index in [1.54, 1.807) is 12.1 Å². The summed E-state index contributed by atoms with van der Waals surface area (Å²) >= 11 is 3.33. The van der Waals surface area contributed by atoms with E-state index >= 15 is 0 Å². The number of hydrogen-bond acceptors (Lipinski definition) is 2. The van der Waals surface area contributed by atoms with Gasteiger partial charge in [-0.15, -0.1) is 0 Å². The zero-order chi connectivity index (χ0) is 10.8. The average Bonchev–Trinajstić information content (AvgIpc) is 2.60. The Hall–Kier alpha value is -1.29. The van der Waals surface area contributed by atoms with E-state index in [1.807, 2.05) is 29.8 Å². The number of para-hydroxylation sites is 1. The van der Waals surface area contributed by atoms with Crippen LogP contribution in [0.5, 0.6) is 5.75 Å². The fraction of sp³-hybridized carbons (Fsp3) is 0.182. The lowest BCUT2D eigenvalue weighted by molar-refractivity contribution is 0.476. The highest BCUT2D eigenvalue weighted by molar-refractivity contribution is 9.10. The van der Waals surface area contributed by atoms with E-state index in [0.29, 0.717) is 0 Å². The second-order valence-electron chi connectivity index (χ2n) is 3.19. The number of phenolic OH excluding ortho intramolecular Hbond substituents is 1. The first-order valence-corrected chi connectivity index (χ1v) is 5.53. The monoisotopic (exact) mass is 266 g/mol. The summed E-state index contributed by atoms with van der Waals surface area (Å²) in [7, 11) is 0. The molecule has 0 amide bonds. The maximum atomic E-state index is 9.74. The Morgan fingerprint density at radius 3 is 2.80 bits per heavy atom.